The van der Waals surface area contributed by atoms with Gasteiger partial charge in [-0.3, -0.25) is 0 Å². The van der Waals surface area contributed by atoms with E-state index in [0.29, 0.717) is 6.54 Å². The van der Waals surface area contributed by atoms with Gasteiger partial charge in [0, 0.05) is 11.9 Å². The van der Waals surface area contributed by atoms with E-state index < -0.39 is 0 Å². The van der Waals surface area contributed by atoms with E-state index in [2.05, 4.69) is 11.0 Å². The van der Waals surface area contributed by atoms with Crippen LogP contribution in [0.1, 0.15) is 10.4 Å². The largest absolute Gasteiger partial charge is 0.368 e. The highest BCUT2D eigenvalue weighted by molar-refractivity contribution is 7.16. The second-order valence-corrected chi connectivity index (χ2v) is 6.59. The van der Waals surface area contributed by atoms with E-state index in [9.17, 15) is 0 Å². The van der Waals surface area contributed by atoms with Crippen LogP contribution in [-0.4, -0.2) is 13.6 Å². The Hall–Kier alpha value is -0.740. The minimum Gasteiger partial charge on any atom is -0.368 e. The number of nitrogens with two attached hydrogens (primary N) is 1. The molecule has 5 heteroatoms. The van der Waals surface area contributed by atoms with Crippen LogP contribution in [-0.2, 0) is 13.0 Å². The maximum atomic E-state index is 6.33. The first-order chi connectivity index (χ1) is 9.10. The predicted molar refractivity (Wildman–Crippen MR) is 85.6 cm³/mol. The van der Waals surface area contributed by atoms with E-state index >= 15 is 0 Å². The van der Waals surface area contributed by atoms with Crippen LogP contribution in [0.15, 0.2) is 30.3 Å². The van der Waals surface area contributed by atoms with Crippen LogP contribution in [0.2, 0.25) is 9.36 Å². The fourth-order valence-corrected chi connectivity index (χ4v) is 3.43. The monoisotopic (exact) mass is 314 g/mol. The zero-order chi connectivity index (χ0) is 13.8. The highest BCUT2D eigenvalue weighted by atomic mass is 35.5. The van der Waals surface area contributed by atoms with Crippen LogP contribution in [0.3, 0.4) is 0 Å². The number of benzene rings is 1. The Morgan fingerprint density at radius 2 is 2.00 bits per heavy atom. The van der Waals surface area contributed by atoms with E-state index in [-0.39, 0.29) is 0 Å². The fraction of sp³-hybridized carbons (Fsp3) is 0.286. The Kier molecular flexibility index (Phi) is 5.11. The average molecular weight is 315 g/mol. The third-order valence-electron chi connectivity index (χ3n) is 2.88. The zero-order valence-electron chi connectivity index (χ0n) is 10.7. The Morgan fingerprint density at radius 1 is 1.21 bits per heavy atom. The molecule has 1 aromatic carbocycles. The number of thiophene rings is 1. The first kappa shape index (κ1) is 14.7. The van der Waals surface area contributed by atoms with Gasteiger partial charge in [-0.25, -0.2) is 0 Å². The second kappa shape index (κ2) is 6.62. The lowest BCUT2D eigenvalue weighted by molar-refractivity contribution is 0.934. The maximum absolute atomic E-state index is 6.33. The van der Waals surface area contributed by atoms with Gasteiger partial charge in [-0.05, 0) is 42.8 Å². The molecule has 102 valence electrons. The smallest absolute Gasteiger partial charge is 0.0931 e. The molecule has 0 atom stereocenters. The summed E-state index contributed by atoms with van der Waals surface area (Å²) in [6, 6.07) is 10.1. The van der Waals surface area contributed by atoms with Gasteiger partial charge < -0.3 is 10.6 Å². The third-order valence-corrected chi connectivity index (χ3v) is 4.40. The predicted octanol–water partition coefficient (Wildman–Crippen LogP) is 4.19. The topological polar surface area (TPSA) is 29.3 Å². The fourth-order valence-electron chi connectivity index (χ4n) is 1.94. The number of rotatable bonds is 5. The maximum Gasteiger partial charge on any atom is 0.0931 e. The van der Waals surface area contributed by atoms with Gasteiger partial charge in [0.05, 0.1) is 21.6 Å². The Bertz CT molecular complexity index is 554. The standard InChI is InChI=1S/C14H16Cl2N2S/c1-18(9-11-3-5-14(16)19-11)13-4-2-10(6-7-17)8-12(13)15/h2-5,8H,6-7,9,17H2,1H3. The van der Waals surface area contributed by atoms with Crippen molar-refractivity contribution in [3.63, 3.8) is 0 Å². The zero-order valence-corrected chi connectivity index (χ0v) is 13.0. The molecule has 19 heavy (non-hydrogen) atoms. The van der Waals surface area contributed by atoms with Crippen molar-refractivity contribution in [3.05, 3.63) is 50.1 Å². The number of halogens is 2. The van der Waals surface area contributed by atoms with Crippen LogP contribution in [0.5, 0.6) is 0 Å². The molecule has 0 fully saturated rings. The first-order valence-electron chi connectivity index (χ1n) is 6.04. The van der Waals surface area contributed by atoms with E-state index in [4.69, 9.17) is 28.9 Å². The van der Waals surface area contributed by atoms with Crippen LogP contribution in [0.25, 0.3) is 0 Å². The van der Waals surface area contributed by atoms with Crippen LogP contribution in [0.4, 0.5) is 5.69 Å². The van der Waals surface area contributed by atoms with E-state index in [1.807, 2.05) is 31.3 Å². The molecule has 1 aromatic heterocycles. The quantitative estimate of drug-likeness (QED) is 0.896. The number of nitrogens with zero attached hydrogens (tertiary/aromatic N) is 1. The van der Waals surface area contributed by atoms with Gasteiger partial charge in [0.1, 0.15) is 0 Å². The van der Waals surface area contributed by atoms with Gasteiger partial charge in [0.25, 0.3) is 0 Å². The summed E-state index contributed by atoms with van der Waals surface area (Å²) in [7, 11) is 2.03. The summed E-state index contributed by atoms with van der Waals surface area (Å²) in [5.41, 5.74) is 7.74. The van der Waals surface area contributed by atoms with Crippen LogP contribution in [0, 0.1) is 0 Å². The molecular weight excluding hydrogens is 299 g/mol. The van der Waals surface area contributed by atoms with Gasteiger partial charge in [0.15, 0.2) is 0 Å². The molecule has 0 saturated heterocycles. The molecule has 2 nitrogen and oxygen atoms in total. The Morgan fingerprint density at radius 3 is 2.58 bits per heavy atom. The van der Waals surface area contributed by atoms with Gasteiger partial charge in [-0.1, -0.05) is 29.3 Å². The number of hydrogen-bond acceptors (Lipinski definition) is 3. The summed E-state index contributed by atoms with van der Waals surface area (Å²) in [5.74, 6) is 0. The molecule has 0 aliphatic rings. The average Bonchev–Trinajstić information content (AvgIpc) is 2.75. The summed E-state index contributed by atoms with van der Waals surface area (Å²) in [6.45, 7) is 1.44. The lowest BCUT2D eigenvalue weighted by atomic mass is 10.1. The SMILES string of the molecule is CN(Cc1ccc(Cl)s1)c1ccc(CCN)cc1Cl. The number of anilines is 1. The summed E-state index contributed by atoms with van der Waals surface area (Å²) in [4.78, 5) is 3.34. The molecule has 0 spiro atoms. The molecule has 0 radical (unpaired) electrons. The third kappa shape index (κ3) is 3.86. The lowest BCUT2D eigenvalue weighted by Crippen LogP contribution is -2.16. The van der Waals surface area contributed by atoms with E-state index in [0.717, 1.165) is 28.0 Å². The highest BCUT2D eigenvalue weighted by Crippen LogP contribution is 2.29. The van der Waals surface area contributed by atoms with Crippen molar-refractivity contribution in [1.82, 2.24) is 0 Å². The van der Waals surface area contributed by atoms with Crippen LogP contribution < -0.4 is 10.6 Å². The Labute approximate surface area is 127 Å². The molecule has 0 bridgehead atoms. The van der Waals surface area contributed by atoms with Crippen LogP contribution >= 0.6 is 34.5 Å². The minimum atomic E-state index is 0.638. The summed E-state index contributed by atoms with van der Waals surface area (Å²) >= 11 is 13.9. The molecular formula is C14H16Cl2N2S. The minimum absolute atomic E-state index is 0.638. The lowest BCUT2D eigenvalue weighted by Gasteiger charge is -2.20. The summed E-state index contributed by atoms with van der Waals surface area (Å²) in [6.07, 6.45) is 0.851. The Balaban J connectivity index is 2.12. The van der Waals surface area contributed by atoms with Gasteiger partial charge in [0.2, 0.25) is 0 Å². The van der Waals surface area contributed by atoms with E-state index in [1.165, 1.54) is 10.4 Å². The molecule has 0 saturated carbocycles. The first-order valence-corrected chi connectivity index (χ1v) is 7.61. The summed E-state index contributed by atoms with van der Waals surface area (Å²) < 4.78 is 0.813. The second-order valence-electron chi connectivity index (χ2n) is 4.39. The number of hydrogen-bond donors (Lipinski definition) is 1. The van der Waals surface area contributed by atoms with Crippen molar-refractivity contribution < 1.29 is 0 Å². The molecule has 0 amide bonds. The highest BCUT2D eigenvalue weighted by Gasteiger charge is 2.09. The summed E-state index contributed by atoms with van der Waals surface area (Å²) in [5, 5.41) is 0.760. The normalized spacial score (nSPS) is 10.7. The van der Waals surface area contributed by atoms with Gasteiger partial charge >= 0.3 is 0 Å². The molecule has 0 unspecified atom stereocenters. The van der Waals surface area contributed by atoms with Gasteiger partial charge in [-0.2, -0.15) is 0 Å². The van der Waals surface area contributed by atoms with Gasteiger partial charge in [-0.15, -0.1) is 11.3 Å². The molecule has 2 aromatic rings. The molecule has 0 aliphatic heterocycles. The van der Waals surface area contributed by atoms with Crippen molar-refractivity contribution in [1.29, 1.82) is 0 Å². The van der Waals surface area contributed by atoms with E-state index in [1.54, 1.807) is 11.3 Å². The van der Waals surface area contributed by atoms with Crippen molar-refractivity contribution in [2.45, 2.75) is 13.0 Å². The molecule has 0 aliphatic carbocycles. The van der Waals surface area contributed by atoms with Crippen molar-refractivity contribution in [2.75, 3.05) is 18.5 Å². The van der Waals surface area contributed by atoms with Crippen molar-refractivity contribution in [2.24, 2.45) is 5.73 Å². The molecule has 2 rings (SSSR count). The van der Waals surface area contributed by atoms with Crippen molar-refractivity contribution >= 4 is 40.2 Å². The van der Waals surface area contributed by atoms with Crippen molar-refractivity contribution in [3.8, 4) is 0 Å². The molecule has 2 N–H and O–H groups in total. The molecule has 1 heterocycles.